The largest absolute Gasteiger partial charge is 0.476 e. The van der Waals surface area contributed by atoms with Gasteiger partial charge in [0.1, 0.15) is 5.75 Å². The SMILES string of the molecule is CC(C)(Oc1ccc(Cl)cc1)C(=O)OCC(=O)NCc1ccc(S(N)(=O)=O)cc1. The summed E-state index contributed by atoms with van der Waals surface area (Å²) < 4.78 is 33.0. The summed E-state index contributed by atoms with van der Waals surface area (Å²) >= 11 is 5.81. The highest BCUT2D eigenvalue weighted by Crippen LogP contribution is 2.21. The van der Waals surface area contributed by atoms with Crippen LogP contribution in [0.1, 0.15) is 19.4 Å². The average Bonchev–Trinajstić information content (AvgIpc) is 2.65. The molecular formula is C19H21ClN2O6S. The molecule has 3 N–H and O–H groups in total. The number of benzene rings is 2. The van der Waals surface area contributed by atoms with Crippen molar-refractivity contribution in [2.24, 2.45) is 5.14 Å². The standard InChI is InChI=1S/C19H21ClN2O6S/c1-19(2,28-15-7-5-14(20)6-8-15)18(24)27-12-17(23)22-11-13-3-9-16(10-4-13)29(21,25)26/h3-10H,11-12H2,1-2H3,(H,22,23)(H2,21,25,26). The van der Waals surface area contributed by atoms with E-state index >= 15 is 0 Å². The van der Waals surface area contributed by atoms with Crippen LogP contribution in [0.15, 0.2) is 53.4 Å². The number of nitrogens with two attached hydrogens (primary N) is 1. The molecule has 10 heteroatoms. The minimum Gasteiger partial charge on any atom is -0.476 e. The first kappa shape index (κ1) is 22.7. The van der Waals surface area contributed by atoms with Crippen molar-refractivity contribution in [3.8, 4) is 5.75 Å². The van der Waals surface area contributed by atoms with Crippen LogP contribution in [0.25, 0.3) is 0 Å². The molecule has 1 amide bonds. The molecule has 0 aliphatic carbocycles. The number of rotatable bonds is 8. The fourth-order valence-corrected chi connectivity index (χ4v) is 2.83. The molecule has 156 valence electrons. The van der Waals surface area contributed by atoms with Crippen molar-refractivity contribution in [3.63, 3.8) is 0 Å². The van der Waals surface area contributed by atoms with E-state index in [1.165, 1.54) is 38.1 Å². The van der Waals surface area contributed by atoms with Crippen LogP contribution in [0, 0.1) is 0 Å². The summed E-state index contributed by atoms with van der Waals surface area (Å²) in [6, 6.07) is 12.2. The van der Waals surface area contributed by atoms with Crippen molar-refractivity contribution in [1.82, 2.24) is 5.32 Å². The van der Waals surface area contributed by atoms with Crippen LogP contribution in [-0.4, -0.2) is 32.5 Å². The summed E-state index contributed by atoms with van der Waals surface area (Å²) in [6.07, 6.45) is 0. The zero-order valence-electron chi connectivity index (χ0n) is 15.8. The van der Waals surface area contributed by atoms with Gasteiger partial charge in [0.05, 0.1) is 4.90 Å². The Hall–Kier alpha value is -2.62. The van der Waals surface area contributed by atoms with E-state index in [1.54, 1.807) is 24.3 Å². The van der Waals surface area contributed by atoms with Crippen molar-refractivity contribution in [2.45, 2.75) is 30.9 Å². The first-order valence-corrected chi connectivity index (χ1v) is 10.4. The molecule has 0 aliphatic rings. The van der Waals surface area contributed by atoms with Gasteiger partial charge in [0, 0.05) is 11.6 Å². The van der Waals surface area contributed by atoms with E-state index in [4.69, 9.17) is 26.2 Å². The van der Waals surface area contributed by atoms with Gasteiger partial charge in [-0.2, -0.15) is 0 Å². The second kappa shape index (κ2) is 9.25. The van der Waals surface area contributed by atoms with Crippen LogP contribution in [-0.2, 0) is 30.9 Å². The third kappa shape index (κ3) is 7.04. The molecule has 2 aromatic carbocycles. The fourth-order valence-electron chi connectivity index (χ4n) is 2.19. The Morgan fingerprint density at radius 1 is 1.07 bits per heavy atom. The number of hydrogen-bond acceptors (Lipinski definition) is 6. The fraction of sp³-hybridized carbons (Fsp3) is 0.263. The predicted octanol–water partition coefficient (Wildman–Crippen LogP) is 2.00. The minimum atomic E-state index is -3.77. The molecule has 2 aromatic rings. The highest BCUT2D eigenvalue weighted by molar-refractivity contribution is 7.89. The summed E-state index contributed by atoms with van der Waals surface area (Å²) in [5, 5.41) is 8.13. The summed E-state index contributed by atoms with van der Waals surface area (Å²) in [6.45, 7) is 2.69. The van der Waals surface area contributed by atoms with E-state index < -0.39 is 34.1 Å². The molecule has 2 rings (SSSR count). The maximum atomic E-state index is 12.2. The molecule has 0 heterocycles. The van der Waals surface area contributed by atoms with Crippen LogP contribution >= 0.6 is 11.6 Å². The zero-order valence-corrected chi connectivity index (χ0v) is 17.4. The molecule has 0 bridgehead atoms. The van der Waals surface area contributed by atoms with Crippen molar-refractivity contribution in [3.05, 3.63) is 59.1 Å². The van der Waals surface area contributed by atoms with Gasteiger partial charge in [-0.25, -0.2) is 18.4 Å². The molecule has 0 radical (unpaired) electrons. The third-order valence-electron chi connectivity index (χ3n) is 3.75. The van der Waals surface area contributed by atoms with Gasteiger partial charge in [0.15, 0.2) is 12.2 Å². The van der Waals surface area contributed by atoms with Crippen molar-refractivity contribution in [1.29, 1.82) is 0 Å². The molecule has 0 unspecified atom stereocenters. The number of primary sulfonamides is 1. The van der Waals surface area contributed by atoms with Crippen LogP contribution in [0.3, 0.4) is 0 Å². The quantitative estimate of drug-likeness (QED) is 0.605. The Morgan fingerprint density at radius 2 is 1.66 bits per heavy atom. The second-order valence-electron chi connectivity index (χ2n) is 6.61. The molecule has 0 atom stereocenters. The van der Waals surface area contributed by atoms with E-state index in [0.29, 0.717) is 16.3 Å². The van der Waals surface area contributed by atoms with E-state index in [1.807, 2.05) is 0 Å². The molecular weight excluding hydrogens is 420 g/mol. The first-order valence-electron chi connectivity index (χ1n) is 8.47. The highest BCUT2D eigenvalue weighted by atomic mass is 35.5. The number of nitrogens with one attached hydrogen (secondary N) is 1. The van der Waals surface area contributed by atoms with Crippen LogP contribution in [0.2, 0.25) is 5.02 Å². The van der Waals surface area contributed by atoms with Gasteiger partial charge in [0.25, 0.3) is 5.91 Å². The van der Waals surface area contributed by atoms with Gasteiger partial charge in [-0.1, -0.05) is 23.7 Å². The van der Waals surface area contributed by atoms with E-state index in [0.717, 1.165) is 0 Å². The van der Waals surface area contributed by atoms with Crippen LogP contribution in [0.5, 0.6) is 5.75 Å². The Bertz CT molecular complexity index is 973. The molecule has 0 spiro atoms. The van der Waals surface area contributed by atoms with Crippen LogP contribution < -0.4 is 15.2 Å². The number of halogens is 1. The molecule has 0 fully saturated rings. The lowest BCUT2D eigenvalue weighted by atomic mass is 10.1. The molecule has 0 aliphatic heterocycles. The zero-order chi connectivity index (χ0) is 21.7. The van der Waals surface area contributed by atoms with Gasteiger partial charge in [0.2, 0.25) is 10.0 Å². The van der Waals surface area contributed by atoms with E-state index in [2.05, 4.69) is 5.32 Å². The Balaban J connectivity index is 1.81. The Morgan fingerprint density at radius 3 is 2.21 bits per heavy atom. The lowest BCUT2D eigenvalue weighted by molar-refractivity contribution is -0.162. The molecule has 8 nitrogen and oxygen atoms in total. The third-order valence-corrected chi connectivity index (χ3v) is 4.94. The Kier molecular flexibility index (Phi) is 7.23. The monoisotopic (exact) mass is 440 g/mol. The van der Waals surface area contributed by atoms with Crippen molar-refractivity contribution < 1.29 is 27.5 Å². The van der Waals surface area contributed by atoms with Crippen molar-refractivity contribution in [2.75, 3.05) is 6.61 Å². The number of esters is 1. The van der Waals surface area contributed by atoms with E-state index in [-0.39, 0.29) is 11.4 Å². The van der Waals surface area contributed by atoms with Gasteiger partial charge in [-0.15, -0.1) is 0 Å². The molecule has 0 saturated heterocycles. The van der Waals surface area contributed by atoms with Crippen LogP contribution in [0.4, 0.5) is 0 Å². The van der Waals surface area contributed by atoms with Gasteiger partial charge < -0.3 is 14.8 Å². The average molecular weight is 441 g/mol. The van der Waals surface area contributed by atoms with Crippen molar-refractivity contribution >= 4 is 33.5 Å². The number of sulfonamides is 1. The van der Waals surface area contributed by atoms with Gasteiger partial charge in [-0.3, -0.25) is 4.79 Å². The summed E-state index contributed by atoms with van der Waals surface area (Å²) in [4.78, 5) is 24.1. The van der Waals surface area contributed by atoms with Gasteiger partial charge >= 0.3 is 5.97 Å². The first-order chi connectivity index (χ1) is 13.5. The lowest BCUT2D eigenvalue weighted by Gasteiger charge is -2.24. The highest BCUT2D eigenvalue weighted by Gasteiger charge is 2.32. The number of amides is 1. The maximum absolute atomic E-state index is 12.2. The second-order valence-corrected chi connectivity index (χ2v) is 8.61. The van der Waals surface area contributed by atoms with E-state index in [9.17, 15) is 18.0 Å². The minimum absolute atomic E-state index is 0.0237. The molecule has 0 saturated carbocycles. The summed E-state index contributed by atoms with van der Waals surface area (Å²) in [5.41, 5.74) is -0.652. The number of hydrogen-bond donors (Lipinski definition) is 2. The molecule has 0 aromatic heterocycles. The Labute approximate surface area is 174 Å². The smallest absolute Gasteiger partial charge is 0.350 e. The molecule has 29 heavy (non-hydrogen) atoms. The number of carbonyl (C=O) groups excluding carboxylic acids is 2. The van der Waals surface area contributed by atoms with Gasteiger partial charge in [-0.05, 0) is 55.8 Å². The normalized spacial score (nSPS) is 11.6. The number of carbonyl (C=O) groups is 2. The lowest BCUT2D eigenvalue weighted by Crippen LogP contribution is -2.41. The number of ether oxygens (including phenoxy) is 2. The predicted molar refractivity (Wildman–Crippen MR) is 107 cm³/mol. The summed E-state index contributed by atoms with van der Waals surface area (Å²) in [5.74, 6) is -0.792. The summed E-state index contributed by atoms with van der Waals surface area (Å²) in [7, 11) is -3.77. The maximum Gasteiger partial charge on any atom is 0.350 e. The topological polar surface area (TPSA) is 125 Å².